The molecule has 2 aromatic carbocycles. The minimum Gasteiger partial charge on any atom is -0.252 e. The van der Waals surface area contributed by atoms with Crippen LogP contribution < -0.4 is 4.72 Å². The molecule has 0 aliphatic rings. The van der Waals surface area contributed by atoms with Crippen LogP contribution in [0, 0.1) is 9.39 Å². The number of aromatic nitrogens is 1. The van der Waals surface area contributed by atoms with Gasteiger partial charge in [0.2, 0.25) is 10.0 Å². The molecule has 1 heterocycles. The van der Waals surface area contributed by atoms with Crippen molar-refractivity contribution in [2.75, 3.05) is 6.54 Å². The molecular weight excluding hydrogens is 442 g/mol. The summed E-state index contributed by atoms with van der Waals surface area (Å²) in [7, 11) is -3.75. The molecule has 0 saturated carbocycles. The SMILES string of the molecule is O=S(=O)(NCCc1ccccc1)c1ccc(F)c2ncc(I)cc12. The van der Waals surface area contributed by atoms with Gasteiger partial charge in [-0.05, 0) is 52.8 Å². The van der Waals surface area contributed by atoms with Crippen molar-refractivity contribution in [3.8, 4) is 0 Å². The van der Waals surface area contributed by atoms with Gasteiger partial charge in [0.25, 0.3) is 0 Å². The summed E-state index contributed by atoms with van der Waals surface area (Å²) in [6, 6.07) is 13.6. The van der Waals surface area contributed by atoms with Crippen molar-refractivity contribution in [3.05, 3.63) is 69.7 Å². The Morgan fingerprint density at radius 1 is 1.12 bits per heavy atom. The molecule has 3 rings (SSSR count). The molecule has 0 aliphatic carbocycles. The quantitative estimate of drug-likeness (QED) is 0.599. The lowest BCUT2D eigenvalue weighted by Crippen LogP contribution is -2.26. The molecule has 3 aromatic rings. The molecule has 0 amide bonds. The second-order valence-corrected chi connectivity index (χ2v) is 8.21. The number of hydrogen-bond acceptors (Lipinski definition) is 3. The van der Waals surface area contributed by atoms with Crippen LogP contribution in [0.3, 0.4) is 0 Å². The zero-order chi connectivity index (χ0) is 17.2. The topological polar surface area (TPSA) is 59.1 Å². The molecule has 0 fully saturated rings. The second kappa shape index (κ2) is 7.12. The number of sulfonamides is 1. The highest BCUT2D eigenvalue weighted by Gasteiger charge is 2.19. The molecule has 1 N–H and O–H groups in total. The van der Waals surface area contributed by atoms with Gasteiger partial charge in [-0.15, -0.1) is 0 Å². The van der Waals surface area contributed by atoms with Gasteiger partial charge >= 0.3 is 0 Å². The largest absolute Gasteiger partial charge is 0.252 e. The Morgan fingerprint density at radius 2 is 1.88 bits per heavy atom. The standard InChI is InChI=1S/C17H14FIN2O2S/c18-15-6-7-16(14-10-13(19)11-20-17(14)15)24(22,23)21-9-8-12-4-2-1-3-5-12/h1-7,10-11,21H,8-9H2. The van der Waals surface area contributed by atoms with Crippen LogP contribution in [-0.2, 0) is 16.4 Å². The van der Waals surface area contributed by atoms with Crippen LogP contribution in [0.25, 0.3) is 10.9 Å². The highest BCUT2D eigenvalue weighted by atomic mass is 127. The van der Waals surface area contributed by atoms with E-state index in [-0.39, 0.29) is 22.3 Å². The van der Waals surface area contributed by atoms with Crippen molar-refractivity contribution < 1.29 is 12.8 Å². The number of fused-ring (bicyclic) bond motifs is 1. The van der Waals surface area contributed by atoms with Crippen LogP contribution in [0.5, 0.6) is 0 Å². The normalized spacial score (nSPS) is 11.8. The van der Waals surface area contributed by atoms with Gasteiger partial charge in [0.15, 0.2) is 0 Å². The Balaban J connectivity index is 1.88. The molecule has 24 heavy (non-hydrogen) atoms. The van der Waals surface area contributed by atoms with E-state index in [1.54, 1.807) is 6.07 Å². The number of rotatable bonds is 5. The fraction of sp³-hybridized carbons (Fsp3) is 0.118. The van der Waals surface area contributed by atoms with E-state index < -0.39 is 15.8 Å². The van der Waals surface area contributed by atoms with Gasteiger partial charge in [-0.1, -0.05) is 30.3 Å². The molecule has 0 unspecified atom stereocenters. The van der Waals surface area contributed by atoms with E-state index in [9.17, 15) is 12.8 Å². The monoisotopic (exact) mass is 456 g/mol. The number of nitrogens with one attached hydrogen (secondary N) is 1. The van der Waals surface area contributed by atoms with Gasteiger partial charge in [0, 0.05) is 21.7 Å². The minimum absolute atomic E-state index is 0.0398. The van der Waals surface area contributed by atoms with Crippen LogP contribution >= 0.6 is 22.6 Å². The summed E-state index contributed by atoms with van der Waals surface area (Å²) in [5, 5.41) is 0.286. The highest BCUT2D eigenvalue weighted by molar-refractivity contribution is 14.1. The summed E-state index contributed by atoms with van der Waals surface area (Å²) in [6.07, 6.45) is 2.08. The zero-order valence-electron chi connectivity index (χ0n) is 12.5. The highest BCUT2D eigenvalue weighted by Crippen LogP contribution is 2.25. The summed E-state index contributed by atoms with van der Waals surface area (Å²) in [5.74, 6) is -0.537. The lowest BCUT2D eigenvalue weighted by atomic mass is 10.2. The maximum atomic E-state index is 13.9. The molecule has 124 valence electrons. The molecule has 4 nitrogen and oxygen atoms in total. The first-order chi connectivity index (χ1) is 11.5. The predicted octanol–water partition coefficient (Wildman–Crippen LogP) is 3.50. The number of pyridine rings is 1. The lowest BCUT2D eigenvalue weighted by molar-refractivity contribution is 0.582. The molecule has 7 heteroatoms. The van der Waals surface area contributed by atoms with Crippen LogP contribution in [0.1, 0.15) is 5.56 Å². The predicted molar refractivity (Wildman–Crippen MR) is 99.8 cm³/mol. The Morgan fingerprint density at radius 3 is 2.62 bits per heavy atom. The third kappa shape index (κ3) is 3.73. The molecule has 0 saturated heterocycles. The van der Waals surface area contributed by atoms with Crippen molar-refractivity contribution in [3.63, 3.8) is 0 Å². The maximum absolute atomic E-state index is 13.9. The number of halogens is 2. The van der Waals surface area contributed by atoms with E-state index >= 15 is 0 Å². The van der Waals surface area contributed by atoms with Crippen molar-refractivity contribution in [1.29, 1.82) is 0 Å². The molecule has 0 aliphatic heterocycles. The van der Waals surface area contributed by atoms with Gasteiger partial charge in [0.05, 0.1) is 4.90 Å². The van der Waals surface area contributed by atoms with Gasteiger partial charge in [-0.2, -0.15) is 0 Å². The molecule has 0 spiro atoms. The van der Waals surface area contributed by atoms with Crippen molar-refractivity contribution in [2.45, 2.75) is 11.3 Å². The van der Waals surface area contributed by atoms with E-state index in [1.807, 2.05) is 52.9 Å². The number of nitrogens with zero attached hydrogens (tertiary/aromatic N) is 1. The fourth-order valence-electron chi connectivity index (χ4n) is 2.42. The van der Waals surface area contributed by atoms with Crippen molar-refractivity contribution in [1.82, 2.24) is 9.71 Å². The fourth-order valence-corrected chi connectivity index (χ4v) is 4.09. The van der Waals surface area contributed by atoms with Gasteiger partial charge in [-0.3, -0.25) is 4.98 Å². The zero-order valence-corrected chi connectivity index (χ0v) is 15.5. The average Bonchev–Trinajstić information content (AvgIpc) is 2.55. The van der Waals surface area contributed by atoms with Crippen LogP contribution in [0.4, 0.5) is 4.39 Å². The van der Waals surface area contributed by atoms with E-state index in [2.05, 4.69) is 9.71 Å². The smallest absolute Gasteiger partial charge is 0.241 e. The van der Waals surface area contributed by atoms with E-state index in [0.29, 0.717) is 6.42 Å². The second-order valence-electron chi connectivity index (χ2n) is 5.23. The molecule has 0 radical (unpaired) electrons. The first kappa shape index (κ1) is 17.2. The van der Waals surface area contributed by atoms with Gasteiger partial charge in [-0.25, -0.2) is 17.5 Å². The third-order valence-corrected chi connectivity index (χ3v) is 5.67. The Labute approximate surface area is 153 Å². The molecule has 0 atom stereocenters. The molecular formula is C17H14FIN2O2S. The Hall–Kier alpha value is -1.58. The first-order valence-corrected chi connectivity index (χ1v) is 9.81. The van der Waals surface area contributed by atoms with E-state index in [4.69, 9.17) is 0 Å². The molecule has 0 bridgehead atoms. The summed E-state index contributed by atoms with van der Waals surface area (Å²) in [6.45, 7) is 0.266. The minimum atomic E-state index is -3.75. The average molecular weight is 456 g/mol. The van der Waals surface area contributed by atoms with Gasteiger partial charge in [0.1, 0.15) is 11.3 Å². The Bertz CT molecular complexity index is 979. The van der Waals surface area contributed by atoms with Crippen LogP contribution in [0.15, 0.2) is 59.6 Å². The van der Waals surface area contributed by atoms with Crippen molar-refractivity contribution in [2.24, 2.45) is 0 Å². The third-order valence-electron chi connectivity index (χ3n) is 3.57. The number of hydrogen-bond donors (Lipinski definition) is 1. The van der Waals surface area contributed by atoms with E-state index in [0.717, 1.165) is 15.2 Å². The number of benzene rings is 2. The molecule has 1 aromatic heterocycles. The maximum Gasteiger partial charge on any atom is 0.241 e. The summed E-state index contributed by atoms with van der Waals surface area (Å²) >= 11 is 2.02. The van der Waals surface area contributed by atoms with Crippen LogP contribution in [-0.4, -0.2) is 19.9 Å². The van der Waals surface area contributed by atoms with Gasteiger partial charge < -0.3 is 0 Å². The van der Waals surface area contributed by atoms with Crippen LogP contribution in [0.2, 0.25) is 0 Å². The first-order valence-electron chi connectivity index (χ1n) is 7.25. The summed E-state index contributed by atoms with van der Waals surface area (Å²) in [4.78, 5) is 4.05. The Kier molecular flexibility index (Phi) is 5.12. The van der Waals surface area contributed by atoms with Crippen molar-refractivity contribution >= 4 is 43.5 Å². The lowest BCUT2D eigenvalue weighted by Gasteiger charge is -2.10. The summed E-state index contributed by atoms with van der Waals surface area (Å²) in [5.41, 5.74) is 1.10. The summed E-state index contributed by atoms with van der Waals surface area (Å²) < 4.78 is 42.4. The van der Waals surface area contributed by atoms with E-state index in [1.165, 1.54) is 12.3 Å².